The molecular formula is C15H32GeN2O2. The van der Waals surface area contributed by atoms with Gasteiger partial charge in [0.1, 0.15) is 0 Å². The molecule has 118 valence electrons. The minimum atomic E-state index is -0.413. The van der Waals surface area contributed by atoms with Gasteiger partial charge in [0, 0.05) is 0 Å². The van der Waals surface area contributed by atoms with Gasteiger partial charge in [-0.05, 0) is 0 Å². The fraction of sp³-hybridized carbons (Fsp3) is 0.933. The van der Waals surface area contributed by atoms with Crippen molar-refractivity contribution in [3.63, 3.8) is 0 Å². The molecule has 1 rings (SSSR count). The van der Waals surface area contributed by atoms with Crippen molar-refractivity contribution in [2.45, 2.75) is 83.4 Å². The molecule has 2 atom stereocenters. The average Bonchev–Trinajstić information content (AvgIpc) is 2.44. The summed E-state index contributed by atoms with van der Waals surface area (Å²) in [5, 5.41) is 13.9. The van der Waals surface area contributed by atoms with E-state index in [1.807, 2.05) is 0 Å². The van der Waals surface area contributed by atoms with Gasteiger partial charge < -0.3 is 0 Å². The molecule has 0 aromatic carbocycles. The minimum absolute atomic E-state index is 0.0880. The van der Waals surface area contributed by atoms with Crippen LogP contribution in [-0.4, -0.2) is 45.9 Å². The van der Waals surface area contributed by atoms with Gasteiger partial charge in [0.05, 0.1) is 0 Å². The van der Waals surface area contributed by atoms with Crippen LogP contribution in [0.5, 0.6) is 0 Å². The molecule has 1 fully saturated rings. The second kappa shape index (κ2) is 9.79. The van der Waals surface area contributed by atoms with Crippen LogP contribution in [0.1, 0.15) is 65.2 Å². The third-order valence-electron chi connectivity index (χ3n) is 4.27. The van der Waals surface area contributed by atoms with Crippen molar-refractivity contribution in [3.8, 4) is 0 Å². The molecule has 0 saturated heterocycles. The first-order valence-electron chi connectivity index (χ1n) is 8.17. The Kier molecular flexibility index (Phi) is 8.81. The van der Waals surface area contributed by atoms with Crippen molar-refractivity contribution in [2.75, 3.05) is 0 Å². The molecule has 1 saturated carbocycles. The number of hydrogen-bond acceptors (Lipinski definition) is 3. The Morgan fingerprint density at radius 1 is 1.30 bits per heavy atom. The second-order valence-corrected chi connectivity index (χ2v) is 7.50. The maximum absolute atomic E-state index is 11.4. The van der Waals surface area contributed by atoms with E-state index in [0.29, 0.717) is 35.6 Å². The van der Waals surface area contributed by atoms with Gasteiger partial charge in [0.2, 0.25) is 0 Å². The Hall–Kier alpha value is -0.0671. The van der Waals surface area contributed by atoms with E-state index in [-0.39, 0.29) is 11.9 Å². The molecule has 1 aliphatic rings. The molecule has 20 heavy (non-hydrogen) atoms. The molecule has 5 heteroatoms. The number of nitrogens with one attached hydrogen (secondary N) is 2. The van der Waals surface area contributed by atoms with E-state index in [1.54, 1.807) is 0 Å². The standard InChI is InChI=1S/C15H32GeN2O2/c1-11(2)17-13(10-12-6-4-3-5-7-12)14(19)8-9-15(20)18-16/h11-14,17,19H,3-10H2,1-2,16H3,(H,18,20). The summed E-state index contributed by atoms with van der Waals surface area (Å²) in [6.45, 7) is 4.24. The number of amides is 1. The summed E-state index contributed by atoms with van der Waals surface area (Å²) >= 11 is 0.354. The summed E-state index contributed by atoms with van der Waals surface area (Å²) in [6.07, 6.45) is 8.28. The number of rotatable bonds is 8. The van der Waals surface area contributed by atoms with Gasteiger partial charge in [0.15, 0.2) is 0 Å². The molecule has 0 aliphatic heterocycles. The maximum atomic E-state index is 11.4. The summed E-state index contributed by atoms with van der Waals surface area (Å²) in [6, 6.07) is 0.498. The molecule has 0 spiro atoms. The van der Waals surface area contributed by atoms with E-state index >= 15 is 0 Å². The van der Waals surface area contributed by atoms with Gasteiger partial charge in [-0.2, -0.15) is 0 Å². The molecule has 1 aliphatic carbocycles. The Morgan fingerprint density at radius 2 is 1.95 bits per heavy atom. The molecule has 3 N–H and O–H groups in total. The molecule has 1 amide bonds. The van der Waals surface area contributed by atoms with Crippen molar-refractivity contribution < 1.29 is 9.90 Å². The molecule has 0 aromatic heterocycles. The van der Waals surface area contributed by atoms with Gasteiger partial charge in [-0.1, -0.05) is 0 Å². The molecule has 0 aromatic rings. The first kappa shape index (κ1) is 18.0. The second-order valence-electron chi connectivity index (χ2n) is 6.45. The van der Waals surface area contributed by atoms with Crippen molar-refractivity contribution in [1.29, 1.82) is 0 Å². The van der Waals surface area contributed by atoms with Crippen molar-refractivity contribution in [1.82, 2.24) is 9.59 Å². The Balaban J connectivity index is 2.46. The van der Waals surface area contributed by atoms with Crippen LogP contribution in [-0.2, 0) is 4.79 Å². The summed E-state index contributed by atoms with van der Waals surface area (Å²) in [5.74, 6) is 0.828. The number of hydrogen-bond donors (Lipinski definition) is 3. The van der Waals surface area contributed by atoms with Crippen LogP contribution in [0.4, 0.5) is 0 Å². The molecule has 4 nitrogen and oxygen atoms in total. The predicted molar refractivity (Wildman–Crippen MR) is 86.6 cm³/mol. The van der Waals surface area contributed by atoms with E-state index in [1.165, 1.54) is 32.1 Å². The fourth-order valence-electron chi connectivity index (χ4n) is 3.15. The monoisotopic (exact) mass is 346 g/mol. The van der Waals surface area contributed by atoms with Crippen LogP contribution in [0.3, 0.4) is 0 Å². The van der Waals surface area contributed by atoms with Crippen LogP contribution in [0, 0.1) is 5.92 Å². The average molecular weight is 345 g/mol. The van der Waals surface area contributed by atoms with E-state index in [2.05, 4.69) is 23.4 Å². The molecule has 0 heterocycles. The van der Waals surface area contributed by atoms with Crippen molar-refractivity contribution in [2.24, 2.45) is 5.92 Å². The Morgan fingerprint density at radius 3 is 2.50 bits per heavy atom. The summed E-state index contributed by atoms with van der Waals surface area (Å²) < 4.78 is 2.80. The van der Waals surface area contributed by atoms with Crippen LogP contribution < -0.4 is 9.59 Å². The first-order chi connectivity index (χ1) is 9.52. The SMILES string of the molecule is CC(C)NC(CC1CCCCC1)C(O)CCC(=O)[NH][GeH3]. The zero-order valence-corrected chi connectivity index (χ0v) is 17.5. The van der Waals surface area contributed by atoms with Crippen LogP contribution in [0.25, 0.3) is 0 Å². The summed E-state index contributed by atoms with van der Waals surface area (Å²) in [4.78, 5) is 11.4. The molecule has 0 bridgehead atoms. The van der Waals surface area contributed by atoms with Crippen LogP contribution in [0.15, 0.2) is 0 Å². The first-order valence-corrected chi connectivity index (χ1v) is 10.3. The Labute approximate surface area is 131 Å². The third-order valence-corrected chi connectivity index (χ3v) is 5.44. The molecular weight excluding hydrogens is 313 g/mol. The molecule has 2 unspecified atom stereocenters. The topological polar surface area (TPSA) is 61.4 Å². The summed E-state index contributed by atoms with van der Waals surface area (Å²) in [5.41, 5.74) is 0. The van der Waals surface area contributed by atoms with Crippen molar-refractivity contribution in [3.05, 3.63) is 0 Å². The number of carbonyl (C=O) groups excluding carboxylic acids is 1. The van der Waals surface area contributed by atoms with E-state index in [0.717, 1.165) is 12.3 Å². The number of aliphatic hydroxyl groups excluding tert-OH is 1. The van der Waals surface area contributed by atoms with E-state index in [9.17, 15) is 9.90 Å². The van der Waals surface area contributed by atoms with Gasteiger partial charge >= 0.3 is 131 Å². The van der Waals surface area contributed by atoms with E-state index in [4.69, 9.17) is 0 Å². The van der Waals surface area contributed by atoms with Crippen LogP contribution >= 0.6 is 0 Å². The normalized spacial score (nSPS) is 20.0. The van der Waals surface area contributed by atoms with Gasteiger partial charge in [-0.15, -0.1) is 0 Å². The van der Waals surface area contributed by atoms with Gasteiger partial charge in [0.25, 0.3) is 0 Å². The fourth-order valence-corrected chi connectivity index (χ4v) is 3.68. The number of aliphatic hydroxyl groups is 1. The predicted octanol–water partition coefficient (Wildman–Crippen LogP) is 0.861. The number of carbonyl (C=O) groups is 1. The van der Waals surface area contributed by atoms with Crippen LogP contribution in [0.2, 0.25) is 0 Å². The third kappa shape index (κ3) is 7.09. The van der Waals surface area contributed by atoms with E-state index < -0.39 is 6.10 Å². The van der Waals surface area contributed by atoms with Gasteiger partial charge in [-0.3, -0.25) is 0 Å². The zero-order valence-electron chi connectivity index (χ0n) is 13.3. The van der Waals surface area contributed by atoms with Gasteiger partial charge in [-0.25, -0.2) is 0 Å². The quantitative estimate of drug-likeness (QED) is 0.572. The summed E-state index contributed by atoms with van der Waals surface area (Å²) in [7, 11) is 0. The van der Waals surface area contributed by atoms with Crippen molar-refractivity contribution >= 4 is 22.6 Å². The molecule has 0 radical (unpaired) electrons. The Bertz CT molecular complexity index is 281. The zero-order chi connectivity index (χ0) is 15.0.